The highest BCUT2D eigenvalue weighted by Crippen LogP contribution is 2.34. The standard InChI is InChI=1S/C22H21NOS/c1-18(23-25-21-15-9-4-10-16-21)17-22(24,19-11-5-2-6-12-19)20-13-7-3-8-14-20/h2-16,24H,17H2,1H3/b23-18-. The Morgan fingerprint density at radius 3 is 1.72 bits per heavy atom. The summed E-state index contributed by atoms with van der Waals surface area (Å²) in [5.41, 5.74) is 1.55. The Labute approximate surface area is 153 Å². The van der Waals surface area contributed by atoms with E-state index in [1.54, 1.807) is 0 Å². The molecule has 0 saturated carbocycles. The lowest BCUT2D eigenvalue weighted by atomic mass is 9.82. The number of nitrogens with zero attached hydrogens (tertiary/aromatic N) is 1. The molecule has 0 radical (unpaired) electrons. The minimum absolute atomic E-state index is 0.445. The predicted octanol–water partition coefficient (Wildman–Crippen LogP) is 5.48. The van der Waals surface area contributed by atoms with Crippen molar-refractivity contribution in [2.75, 3.05) is 0 Å². The van der Waals surface area contributed by atoms with Gasteiger partial charge in [-0.25, -0.2) is 4.40 Å². The molecule has 0 atom stereocenters. The lowest BCUT2D eigenvalue weighted by Crippen LogP contribution is -2.29. The van der Waals surface area contributed by atoms with Crippen molar-refractivity contribution in [3.8, 4) is 0 Å². The van der Waals surface area contributed by atoms with Gasteiger partial charge in [-0.05, 0) is 30.2 Å². The molecule has 0 saturated heterocycles. The Morgan fingerprint density at radius 1 is 0.800 bits per heavy atom. The van der Waals surface area contributed by atoms with E-state index in [-0.39, 0.29) is 0 Å². The molecule has 3 rings (SSSR count). The fraction of sp³-hybridized carbons (Fsp3) is 0.136. The van der Waals surface area contributed by atoms with Gasteiger partial charge in [0.2, 0.25) is 0 Å². The average Bonchev–Trinajstić information content (AvgIpc) is 2.68. The van der Waals surface area contributed by atoms with Gasteiger partial charge in [0.25, 0.3) is 0 Å². The molecule has 0 bridgehead atoms. The Bertz CT molecular complexity index is 777. The van der Waals surface area contributed by atoms with Gasteiger partial charge in [0.1, 0.15) is 5.60 Å². The van der Waals surface area contributed by atoms with Gasteiger partial charge in [-0.2, -0.15) is 0 Å². The maximum absolute atomic E-state index is 11.5. The van der Waals surface area contributed by atoms with E-state index in [4.69, 9.17) is 0 Å². The van der Waals surface area contributed by atoms with Crippen molar-refractivity contribution in [2.45, 2.75) is 23.8 Å². The Morgan fingerprint density at radius 2 is 1.24 bits per heavy atom. The lowest BCUT2D eigenvalue weighted by molar-refractivity contribution is 0.0889. The molecule has 0 aromatic heterocycles. The minimum atomic E-state index is -1.09. The summed E-state index contributed by atoms with van der Waals surface area (Å²) < 4.78 is 4.60. The van der Waals surface area contributed by atoms with Gasteiger partial charge in [-0.15, -0.1) is 0 Å². The van der Waals surface area contributed by atoms with Crippen LogP contribution in [-0.4, -0.2) is 10.8 Å². The number of aliphatic hydroxyl groups is 1. The van der Waals surface area contributed by atoms with E-state index < -0.39 is 5.60 Å². The molecule has 2 nitrogen and oxygen atoms in total. The van der Waals surface area contributed by atoms with Gasteiger partial charge in [0.15, 0.2) is 0 Å². The zero-order chi connectivity index (χ0) is 17.5. The van der Waals surface area contributed by atoms with Gasteiger partial charge in [0, 0.05) is 29.0 Å². The Hall–Kier alpha value is -2.36. The quantitative estimate of drug-likeness (QED) is 0.473. The predicted molar refractivity (Wildman–Crippen MR) is 106 cm³/mol. The third-order valence-corrected chi connectivity index (χ3v) is 4.95. The van der Waals surface area contributed by atoms with E-state index in [1.165, 1.54) is 11.9 Å². The first kappa shape index (κ1) is 17.5. The highest BCUT2D eigenvalue weighted by atomic mass is 32.2. The SMILES string of the molecule is C/C(CC(O)(c1ccccc1)c1ccccc1)=N/Sc1ccccc1. The van der Waals surface area contributed by atoms with Crippen molar-refractivity contribution < 1.29 is 5.11 Å². The summed E-state index contributed by atoms with van der Waals surface area (Å²) in [7, 11) is 0. The second kappa shape index (κ2) is 8.15. The van der Waals surface area contributed by atoms with Crippen LogP contribution in [0.3, 0.4) is 0 Å². The summed E-state index contributed by atoms with van der Waals surface area (Å²) in [6.07, 6.45) is 0.445. The van der Waals surface area contributed by atoms with Crippen LogP contribution in [0.1, 0.15) is 24.5 Å². The topological polar surface area (TPSA) is 32.6 Å². The van der Waals surface area contributed by atoms with Crippen LogP contribution in [0.15, 0.2) is 100 Å². The second-order valence-electron chi connectivity index (χ2n) is 6.00. The average molecular weight is 347 g/mol. The third-order valence-electron chi connectivity index (χ3n) is 4.06. The van der Waals surface area contributed by atoms with Crippen molar-refractivity contribution >= 4 is 17.7 Å². The van der Waals surface area contributed by atoms with Crippen LogP contribution in [0, 0.1) is 0 Å². The summed E-state index contributed by atoms with van der Waals surface area (Å²) in [4.78, 5) is 1.09. The molecule has 0 aliphatic carbocycles. The summed E-state index contributed by atoms with van der Waals surface area (Å²) in [5.74, 6) is 0. The van der Waals surface area contributed by atoms with Crippen LogP contribution in [0.4, 0.5) is 0 Å². The zero-order valence-corrected chi connectivity index (χ0v) is 15.0. The largest absolute Gasteiger partial charge is 0.380 e. The highest BCUT2D eigenvalue weighted by Gasteiger charge is 2.32. The van der Waals surface area contributed by atoms with Crippen molar-refractivity contribution in [3.05, 3.63) is 102 Å². The Balaban J connectivity index is 1.88. The number of hydrogen-bond acceptors (Lipinski definition) is 3. The molecule has 3 heteroatoms. The van der Waals surface area contributed by atoms with E-state index in [1.807, 2.05) is 97.9 Å². The van der Waals surface area contributed by atoms with E-state index >= 15 is 0 Å². The van der Waals surface area contributed by atoms with E-state index in [0.717, 1.165) is 21.7 Å². The molecule has 126 valence electrons. The fourth-order valence-corrected chi connectivity index (χ4v) is 3.42. The first-order valence-electron chi connectivity index (χ1n) is 8.27. The molecule has 0 amide bonds. The van der Waals surface area contributed by atoms with Crippen molar-refractivity contribution in [1.82, 2.24) is 0 Å². The van der Waals surface area contributed by atoms with Crippen LogP contribution in [0.25, 0.3) is 0 Å². The summed E-state index contributed by atoms with van der Waals surface area (Å²) in [5, 5.41) is 11.5. The molecule has 0 aliphatic heterocycles. The molecule has 3 aromatic rings. The monoisotopic (exact) mass is 347 g/mol. The highest BCUT2D eigenvalue weighted by molar-refractivity contribution is 7.98. The normalized spacial score (nSPS) is 12.2. The first-order valence-corrected chi connectivity index (χ1v) is 9.05. The maximum atomic E-state index is 11.5. The van der Waals surface area contributed by atoms with Gasteiger partial charge in [0.05, 0.1) is 0 Å². The van der Waals surface area contributed by atoms with Crippen molar-refractivity contribution in [2.24, 2.45) is 4.40 Å². The number of benzene rings is 3. The van der Waals surface area contributed by atoms with Crippen molar-refractivity contribution in [3.63, 3.8) is 0 Å². The third kappa shape index (κ3) is 4.38. The molecule has 0 heterocycles. The van der Waals surface area contributed by atoms with Crippen LogP contribution in [-0.2, 0) is 5.60 Å². The summed E-state index contributed by atoms with van der Waals surface area (Å²) in [6, 6.07) is 29.6. The molecule has 0 unspecified atom stereocenters. The van der Waals surface area contributed by atoms with E-state index in [9.17, 15) is 5.11 Å². The Kier molecular flexibility index (Phi) is 5.69. The molecular weight excluding hydrogens is 326 g/mol. The molecule has 0 aliphatic rings. The van der Waals surface area contributed by atoms with Gasteiger partial charge >= 0.3 is 0 Å². The maximum Gasteiger partial charge on any atom is 0.120 e. The number of rotatable bonds is 6. The van der Waals surface area contributed by atoms with E-state index in [0.29, 0.717) is 6.42 Å². The zero-order valence-electron chi connectivity index (χ0n) is 14.2. The first-order chi connectivity index (χ1) is 12.2. The van der Waals surface area contributed by atoms with Crippen LogP contribution >= 0.6 is 11.9 Å². The van der Waals surface area contributed by atoms with Gasteiger partial charge < -0.3 is 5.11 Å². The minimum Gasteiger partial charge on any atom is -0.380 e. The van der Waals surface area contributed by atoms with Crippen LogP contribution in [0.2, 0.25) is 0 Å². The molecular formula is C22H21NOS. The fourth-order valence-electron chi connectivity index (χ4n) is 2.81. The van der Waals surface area contributed by atoms with Crippen LogP contribution < -0.4 is 0 Å². The van der Waals surface area contributed by atoms with Crippen LogP contribution in [0.5, 0.6) is 0 Å². The summed E-state index contributed by atoms with van der Waals surface area (Å²) in [6.45, 7) is 1.97. The molecule has 0 spiro atoms. The van der Waals surface area contributed by atoms with Gasteiger partial charge in [-0.3, -0.25) is 0 Å². The smallest absolute Gasteiger partial charge is 0.120 e. The molecule has 3 aromatic carbocycles. The number of hydrogen-bond donors (Lipinski definition) is 1. The van der Waals surface area contributed by atoms with Crippen molar-refractivity contribution in [1.29, 1.82) is 0 Å². The molecule has 0 fully saturated rings. The second-order valence-corrected chi connectivity index (χ2v) is 6.84. The molecule has 25 heavy (non-hydrogen) atoms. The molecule has 1 N–H and O–H groups in total. The van der Waals surface area contributed by atoms with E-state index in [2.05, 4.69) is 4.40 Å². The van der Waals surface area contributed by atoms with Gasteiger partial charge in [-0.1, -0.05) is 78.9 Å². The summed E-state index contributed by atoms with van der Waals surface area (Å²) >= 11 is 1.44. The lowest BCUT2D eigenvalue weighted by Gasteiger charge is -2.29.